The maximum atomic E-state index is 12.0. The zero-order chi connectivity index (χ0) is 13.2. The first-order valence-electron chi connectivity index (χ1n) is 5.48. The summed E-state index contributed by atoms with van der Waals surface area (Å²) in [6, 6.07) is 5.68. The third-order valence-electron chi connectivity index (χ3n) is 2.48. The van der Waals surface area contributed by atoms with E-state index in [1.54, 1.807) is 10.6 Å². The number of amides is 1. The second kappa shape index (κ2) is 4.41. The topological polar surface area (TPSA) is 97.2 Å². The van der Waals surface area contributed by atoms with Crippen molar-refractivity contribution in [3.63, 3.8) is 0 Å². The smallest absolute Gasteiger partial charge is 0.336 e. The first-order valence-corrected chi connectivity index (χ1v) is 5.48. The minimum atomic E-state index is -0.373. The van der Waals surface area contributed by atoms with Gasteiger partial charge in [0.2, 0.25) is 5.95 Å². The molecule has 0 bridgehead atoms. The minimum Gasteiger partial charge on any atom is -0.466 e. The highest BCUT2D eigenvalue weighted by Gasteiger charge is 2.13. The molecule has 3 rings (SSSR count). The zero-order valence-electron chi connectivity index (χ0n) is 9.99. The van der Waals surface area contributed by atoms with Gasteiger partial charge in [0.25, 0.3) is 5.91 Å². The number of nitrogens with one attached hydrogen (secondary N) is 2. The van der Waals surface area contributed by atoms with Crippen LogP contribution in [0.15, 0.2) is 30.6 Å². The van der Waals surface area contributed by atoms with Crippen molar-refractivity contribution in [1.82, 2.24) is 24.6 Å². The van der Waals surface area contributed by atoms with E-state index in [0.29, 0.717) is 11.3 Å². The molecule has 0 atom stereocenters. The van der Waals surface area contributed by atoms with Crippen molar-refractivity contribution in [2.45, 2.75) is 0 Å². The summed E-state index contributed by atoms with van der Waals surface area (Å²) < 4.78 is 6.57. The van der Waals surface area contributed by atoms with E-state index < -0.39 is 0 Å². The predicted molar refractivity (Wildman–Crippen MR) is 66.1 cm³/mol. The average molecular weight is 258 g/mol. The van der Waals surface area contributed by atoms with E-state index in [1.165, 1.54) is 7.11 Å². The standard InChI is InChI=1S/C11H10N6O2/c1-19-11-14-10(15-16-11)13-9(18)7-6-17-5-3-2-4-8(17)12-7/h2-6H,1H3,(H2,13,14,15,16,18). The van der Waals surface area contributed by atoms with E-state index in [1.807, 2.05) is 24.4 Å². The number of carbonyl (C=O) groups is 1. The molecule has 2 N–H and O–H groups in total. The maximum Gasteiger partial charge on any atom is 0.336 e. The van der Waals surface area contributed by atoms with E-state index in [0.717, 1.165) is 0 Å². The number of carbonyl (C=O) groups excluding carboxylic acids is 1. The predicted octanol–water partition coefficient (Wildman–Crippen LogP) is 0.713. The summed E-state index contributed by atoms with van der Waals surface area (Å²) >= 11 is 0. The third-order valence-corrected chi connectivity index (χ3v) is 2.48. The number of ether oxygens (including phenoxy) is 1. The van der Waals surface area contributed by atoms with Crippen LogP contribution in [0.5, 0.6) is 6.01 Å². The van der Waals surface area contributed by atoms with Crippen LogP contribution in [0.25, 0.3) is 5.65 Å². The Bertz CT molecular complexity index is 698. The molecule has 1 amide bonds. The van der Waals surface area contributed by atoms with E-state index in [-0.39, 0.29) is 17.9 Å². The summed E-state index contributed by atoms with van der Waals surface area (Å²) in [5.74, 6) is -0.165. The van der Waals surface area contributed by atoms with Crippen molar-refractivity contribution in [2.75, 3.05) is 12.4 Å². The van der Waals surface area contributed by atoms with E-state index in [2.05, 4.69) is 25.5 Å². The summed E-state index contributed by atoms with van der Waals surface area (Å²) in [7, 11) is 1.44. The Labute approximate surface area is 107 Å². The Morgan fingerprint density at radius 1 is 1.42 bits per heavy atom. The van der Waals surface area contributed by atoms with Gasteiger partial charge in [-0.05, 0) is 12.1 Å². The van der Waals surface area contributed by atoms with Crippen molar-refractivity contribution >= 4 is 17.5 Å². The lowest BCUT2D eigenvalue weighted by atomic mass is 10.4. The number of anilines is 1. The number of aromatic nitrogens is 5. The molecule has 0 aliphatic carbocycles. The van der Waals surface area contributed by atoms with Crippen LogP contribution in [-0.4, -0.2) is 37.6 Å². The van der Waals surface area contributed by atoms with Gasteiger partial charge in [0, 0.05) is 12.4 Å². The van der Waals surface area contributed by atoms with Crippen LogP contribution in [0, 0.1) is 0 Å². The van der Waals surface area contributed by atoms with Crippen LogP contribution < -0.4 is 10.1 Å². The van der Waals surface area contributed by atoms with Gasteiger partial charge in [-0.3, -0.25) is 10.1 Å². The van der Waals surface area contributed by atoms with Gasteiger partial charge in [0.15, 0.2) is 0 Å². The first-order chi connectivity index (χ1) is 9.26. The molecule has 0 radical (unpaired) electrons. The molecule has 0 aromatic carbocycles. The van der Waals surface area contributed by atoms with Crippen LogP contribution in [0.2, 0.25) is 0 Å². The minimum absolute atomic E-state index is 0.158. The molecule has 3 aromatic heterocycles. The number of hydrogen-bond donors (Lipinski definition) is 2. The lowest BCUT2D eigenvalue weighted by molar-refractivity contribution is 0.102. The molecule has 19 heavy (non-hydrogen) atoms. The molecule has 8 nitrogen and oxygen atoms in total. The van der Waals surface area contributed by atoms with E-state index in [4.69, 9.17) is 4.74 Å². The number of H-pyrrole nitrogens is 1. The number of aromatic amines is 1. The fraction of sp³-hybridized carbons (Fsp3) is 0.0909. The van der Waals surface area contributed by atoms with Crippen molar-refractivity contribution in [1.29, 1.82) is 0 Å². The second-order valence-electron chi connectivity index (χ2n) is 3.72. The van der Waals surface area contributed by atoms with E-state index >= 15 is 0 Å². The Hall–Kier alpha value is -2.90. The summed E-state index contributed by atoms with van der Waals surface area (Å²) in [5, 5.41) is 8.81. The van der Waals surface area contributed by atoms with Crippen molar-refractivity contribution in [3.8, 4) is 6.01 Å². The van der Waals surface area contributed by atoms with Gasteiger partial charge in [0.1, 0.15) is 11.3 Å². The molecule has 0 unspecified atom stereocenters. The molecule has 96 valence electrons. The van der Waals surface area contributed by atoms with Crippen molar-refractivity contribution < 1.29 is 9.53 Å². The molecule has 3 heterocycles. The highest BCUT2D eigenvalue weighted by Crippen LogP contribution is 2.08. The number of pyridine rings is 1. The first kappa shape index (κ1) is 11.2. The quantitative estimate of drug-likeness (QED) is 0.721. The SMILES string of the molecule is COc1n[nH]c(NC(=O)c2cn3ccccc3n2)n1. The molecule has 0 saturated heterocycles. The van der Waals surface area contributed by atoms with Gasteiger partial charge in [-0.15, -0.1) is 5.10 Å². The van der Waals surface area contributed by atoms with Crippen molar-refractivity contribution in [2.24, 2.45) is 0 Å². The van der Waals surface area contributed by atoms with Gasteiger partial charge in [-0.2, -0.15) is 4.98 Å². The number of nitrogens with zero attached hydrogens (tertiary/aromatic N) is 4. The molecule has 0 fully saturated rings. The zero-order valence-corrected chi connectivity index (χ0v) is 9.99. The number of rotatable bonds is 3. The Kier molecular flexibility index (Phi) is 2.60. The molecule has 0 aliphatic heterocycles. The Balaban J connectivity index is 1.83. The van der Waals surface area contributed by atoms with Crippen LogP contribution >= 0.6 is 0 Å². The molecule has 0 spiro atoms. The summed E-state index contributed by atoms with van der Waals surface area (Å²) in [6.07, 6.45) is 3.45. The largest absolute Gasteiger partial charge is 0.466 e. The molecular formula is C11H10N6O2. The molecule has 8 heteroatoms. The fourth-order valence-electron chi connectivity index (χ4n) is 1.61. The maximum absolute atomic E-state index is 12.0. The average Bonchev–Trinajstić information content (AvgIpc) is 3.04. The van der Waals surface area contributed by atoms with Crippen LogP contribution in [0.3, 0.4) is 0 Å². The van der Waals surface area contributed by atoms with E-state index in [9.17, 15) is 4.79 Å². The lowest BCUT2D eigenvalue weighted by Gasteiger charge is -1.95. The van der Waals surface area contributed by atoms with Crippen LogP contribution in [-0.2, 0) is 0 Å². The summed E-state index contributed by atoms with van der Waals surface area (Å²) in [4.78, 5) is 20.1. The monoisotopic (exact) mass is 258 g/mol. The highest BCUT2D eigenvalue weighted by molar-refractivity contribution is 6.02. The summed E-state index contributed by atoms with van der Waals surface area (Å²) in [5.41, 5.74) is 0.990. The number of fused-ring (bicyclic) bond motifs is 1. The molecule has 3 aromatic rings. The Morgan fingerprint density at radius 3 is 3.05 bits per heavy atom. The normalized spacial score (nSPS) is 10.6. The second-order valence-corrected chi connectivity index (χ2v) is 3.72. The highest BCUT2D eigenvalue weighted by atomic mass is 16.5. The van der Waals surface area contributed by atoms with Crippen molar-refractivity contribution in [3.05, 3.63) is 36.3 Å². The van der Waals surface area contributed by atoms with Gasteiger partial charge in [0.05, 0.1) is 7.11 Å². The van der Waals surface area contributed by atoms with Crippen LogP contribution in [0.1, 0.15) is 10.5 Å². The van der Waals surface area contributed by atoms with Crippen LogP contribution in [0.4, 0.5) is 5.95 Å². The van der Waals surface area contributed by atoms with Gasteiger partial charge in [-0.25, -0.2) is 10.1 Å². The third kappa shape index (κ3) is 2.10. The van der Waals surface area contributed by atoms with Gasteiger partial charge >= 0.3 is 6.01 Å². The number of imidazole rings is 1. The number of hydrogen-bond acceptors (Lipinski definition) is 5. The number of methoxy groups -OCH3 is 1. The molecular weight excluding hydrogens is 248 g/mol. The molecule has 0 aliphatic rings. The fourth-order valence-corrected chi connectivity index (χ4v) is 1.61. The molecule has 0 saturated carbocycles. The van der Waals surface area contributed by atoms with Gasteiger partial charge in [-0.1, -0.05) is 6.07 Å². The van der Waals surface area contributed by atoms with Gasteiger partial charge < -0.3 is 9.14 Å². The summed E-state index contributed by atoms with van der Waals surface area (Å²) in [6.45, 7) is 0. The Morgan fingerprint density at radius 2 is 2.32 bits per heavy atom. The lowest BCUT2D eigenvalue weighted by Crippen LogP contribution is -2.13.